The van der Waals surface area contributed by atoms with Crippen molar-refractivity contribution in [2.75, 3.05) is 33.2 Å². The highest BCUT2D eigenvalue weighted by Gasteiger charge is 2.50. The third-order valence-electron chi connectivity index (χ3n) is 3.65. The monoisotopic (exact) mass is 414 g/mol. The molecule has 29 heavy (non-hydrogen) atoms. The van der Waals surface area contributed by atoms with Crippen molar-refractivity contribution < 1.29 is 38.4 Å². The SMILES string of the molecule is CCNC(Nc1cc([N+](=O)[O-])cc([N+](=O)[O-])c1C(=O)OC)(C(=O)OC)C(=O)OC. The number of methoxy groups -OCH3 is 3. The number of nitro benzene ring substituents is 2. The van der Waals surface area contributed by atoms with Gasteiger partial charge in [-0.1, -0.05) is 6.92 Å². The van der Waals surface area contributed by atoms with Gasteiger partial charge in [-0.25, -0.2) is 14.4 Å². The molecule has 14 heteroatoms. The predicted octanol–water partition coefficient (Wildman–Crippen LogP) is 0.353. The molecule has 0 aliphatic heterocycles. The minimum absolute atomic E-state index is 0.0121. The molecule has 0 saturated heterocycles. The highest BCUT2D eigenvalue weighted by atomic mass is 16.6. The highest BCUT2D eigenvalue weighted by Crippen LogP contribution is 2.34. The molecule has 0 atom stereocenters. The molecule has 0 aliphatic rings. The molecule has 0 fully saturated rings. The van der Waals surface area contributed by atoms with Crippen molar-refractivity contribution in [3.63, 3.8) is 0 Å². The Labute approximate surface area is 163 Å². The summed E-state index contributed by atoms with van der Waals surface area (Å²) in [4.78, 5) is 57.5. The number of hydrogen-bond donors (Lipinski definition) is 2. The molecule has 14 nitrogen and oxygen atoms in total. The second-order valence-electron chi connectivity index (χ2n) is 5.28. The van der Waals surface area contributed by atoms with E-state index in [9.17, 15) is 34.6 Å². The van der Waals surface area contributed by atoms with Gasteiger partial charge in [0.2, 0.25) is 0 Å². The Morgan fingerprint density at radius 1 is 1.00 bits per heavy atom. The van der Waals surface area contributed by atoms with Gasteiger partial charge in [-0.15, -0.1) is 0 Å². The first-order valence-corrected chi connectivity index (χ1v) is 7.84. The third-order valence-corrected chi connectivity index (χ3v) is 3.65. The summed E-state index contributed by atoms with van der Waals surface area (Å²) in [6.07, 6.45) is 0. The summed E-state index contributed by atoms with van der Waals surface area (Å²) >= 11 is 0. The van der Waals surface area contributed by atoms with Crippen LogP contribution in [0.25, 0.3) is 0 Å². The van der Waals surface area contributed by atoms with Crippen LogP contribution in [0.5, 0.6) is 0 Å². The molecule has 0 amide bonds. The van der Waals surface area contributed by atoms with Gasteiger partial charge in [-0.05, 0) is 6.54 Å². The molecular weight excluding hydrogens is 396 g/mol. The van der Waals surface area contributed by atoms with Crippen molar-refractivity contribution in [2.24, 2.45) is 0 Å². The molecule has 0 heterocycles. The van der Waals surface area contributed by atoms with Crippen LogP contribution in [0, 0.1) is 20.2 Å². The van der Waals surface area contributed by atoms with Crippen LogP contribution in [0.2, 0.25) is 0 Å². The number of likely N-dealkylation sites (N-methyl/N-ethyl adjacent to an activating group) is 1. The fourth-order valence-corrected chi connectivity index (χ4v) is 2.42. The number of hydrogen-bond acceptors (Lipinski definition) is 12. The summed E-state index contributed by atoms with van der Waals surface area (Å²) < 4.78 is 13.7. The van der Waals surface area contributed by atoms with Crippen molar-refractivity contribution in [3.05, 3.63) is 37.9 Å². The second-order valence-corrected chi connectivity index (χ2v) is 5.28. The molecule has 2 N–H and O–H groups in total. The first-order chi connectivity index (χ1) is 13.6. The van der Waals surface area contributed by atoms with Crippen LogP contribution in [-0.2, 0) is 23.8 Å². The number of anilines is 1. The maximum atomic E-state index is 12.4. The highest BCUT2D eigenvalue weighted by molar-refractivity contribution is 6.09. The Bertz CT molecular complexity index is 838. The topological polar surface area (TPSA) is 189 Å². The number of ether oxygens (including phenoxy) is 3. The van der Waals surface area contributed by atoms with E-state index in [4.69, 9.17) is 0 Å². The average molecular weight is 414 g/mol. The van der Waals surface area contributed by atoms with Crippen molar-refractivity contribution in [2.45, 2.75) is 12.6 Å². The van der Waals surface area contributed by atoms with E-state index in [1.165, 1.54) is 6.92 Å². The van der Waals surface area contributed by atoms with E-state index in [1.807, 2.05) is 0 Å². The maximum absolute atomic E-state index is 12.4. The minimum atomic E-state index is -2.47. The van der Waals surface area contributed by atoms with E-state index in [0.717, 1.165) is 27.4 Å². The molecule has 0 spiro atoms. The van der Waals surface area contributed by atoms with E-state index in [1.54, 1.807) is 0 Å². The zero-order valence-corrected chi connectivity index (χ0v) is 15.8. The minimum Gasteiger partial charge on any atom is -0.466 e. The molecule has 1 aromatic carbocycles. The lowest BCUT2D eigenvalue weighted by molar-refractivity contribution is -0.394. The van der Waals surface area contributed by atoms with Crippen LogP contribution in [-0.4, -0.2) is 61.3 Å². The summed E-state index contributed by atoms with van der Waals surface area (Å²) in [6.45, 7) is 1.50. The molecule has 0 aromatic heterocycles. The first-order valence-electron chi connectivity index (χ1n) is 7.84. The van der Waals surface area contributed by atoms with Crippen molar-refractivity contribution >= 4 is 35.0 Å². The standard InChI is InChI=1S/C15H18N4O10/c1-5-16-15(13(21)28-3,14(22)29-4)17-9-6-8(18(23)24)7-10(19(25)26)11(9)12(20)27-2/h6-7,16-17H,5H2,1-4H3. The van der Waals surface area contributed by atoms with Gasteiger partial charge in [0.15, 0.2) is 5.56 Å². The van der Waals surface area contributed by atoms with Crippen molar-refractivity contribution in [1.29, 1.82) is 0 Å². The molecular formula is C15H18N4O10. The Morgan fingerprint density at radius 3 is 1.93 bits per heavy atom. The lowest BCUT2D eigenvalue weighted by Gasteiger charge is -2.31. The van der Waals surface area contributed by atoms with Gasteiger partial charge in [0, 0.05) is 6.07 Å². The quantitative estimate of drug-likeness (QED) is 0.141. The summed E-state index contributed by atoms with van der Waals surface area (Å²) in [5.74, 6) is -3.69. The molecule has 1 aromatic rings. The van der Waals surface area contributed by atoms with Crippen LogP contribution in [0.1, 0.15) is 17.3 Å². The summed E-state index contributed by atoms with van der Waals surface area (Å²) in [5, 5.41) is 27.4. The van der Waals surface area contributed by atoms with Crippen molar-refractivity contribution in [3.8, 4) is 0 Å². The van der Waals surface area contributed by atoms with Crippen LogP contribution in [0.4, 0.5) is 17.1 Å². The van der Waals surface area contributed by atoms with Crippen LogP contribution in [0.3, 0.4) is 0 Å². The fraction of sp³-hybridized carbons (Fsp3) is 0.400. The number of nitro groups is 2. The maximum Gasteiger partial charge on any atom is 0.358 e. The largest absolute Gasteiger partial charge is 0.466 e. The smallest absolute Gasteiger partial charge is 0.358 e. The normalized spacial score (nSPS) is 10.6. The van der Waals surface area contributed by atoms with Crippen LogP contribution >= 0.6 is 0 Å². The van der Waals surface area contributed by atoms with E-state index < -0.39 is 56.0 Å². The lowest BCUT2D eigenvalue weighted by atomic mass is 10.1. The van der Waals surface area contributed by atoms with Gasteiger partial charge in [0.05, 0.1) is 42.9 Å². The predicted molar refractivity (Wildman–Crippen MR) is 95.2 cm³/mol. The number of carbonyl (C=O) groups is 3. The average Bonchev–Trinajstić information content (AvgIpc) is 2.70. The molecule has 0 bridgehead atoms. The van der Waals surface area contributed by atoms with Crippen LogP contribution < -0.4 is 10.6 Å². The molecule has 1 rings (SSSR count). The Balaban J connectivity index is 3.90. The molecule has 0 saturated carbocycles. The molecule has 0 aliphatic carbocycles. The zero-order chi connectivity index (χ0) is 22.4. The molecule has 158 valence electrons. The Hall–Kier alpha value is -3.81. The Morgan fingerprint density at radius 2 is 1.55 bits per heavy atom. The van der Waals surface area contributed by atoms with Gasteiger partial charge in [-0.3, -0.25) is 25.5 Å². The summed E-state index contributed by atoms with van der Waals surface area (Å²) in [7, 11) is 2.84. The van der Waals surface area contributed by atoms with Gasteiger partial charge in [0.25, 0.3) is 17.0 Å². The number of esters is 3. The number of rotatable bonds is 9. The number of benzene rings is 1. The van der Waals surface area contributed by atoms with E-state index in [0.29, 0.717) is 6.07 Å². The van der Waals surface area contributed by atoms with Gasteiger partial charge < -0.3 is 19.5 Å². The second kappa shape index (κ2) is 9.41. The number of nitrogens with one attached hydrogen (secondary N) is 2. The van der Waals surface area contributed by atoms with E-state index in [2.05, 4.69) is 24.8 Å². The summed E-state index contributed by atoms with van der Waals surface area (Å²) in [5.41, 5.74) is -5.59. The zero-order valence-electron chi connectivity index (χ0n) is 15.8. The fourth-order valence-electron chi connectivity index (χ4n) is 2.42. The number of non-ortho nitro benzene ring substituents is 1. The van der Waals surface area contributed by atoms with Gasteiger partial charge in [0.1, 0.15) is 0 Å². The molecule has 0 radical (unpaired) electrons. The van der Waals surface area contributed by atoms with Gasteiger partial charge in [-0.2, -0.15) is 0 Å². The number of nitrogens with zero attached hydrogens (tertiary/aromatic N) is 2. The lowest BCUT2D eigenvalue weighted by Crippen LogP contribution is -2.64. The van der Waals surface area contributed by atoms with E-state index in [-0.39, 0.29) is 6.54 Å². The van der Waals surface area contributed by atoms with E-state index >= 15 is 0 Å². The Kier molecular flexibility index (Phi) is 7.53. The summed E-state index contributed by atoms with van der Waals surface area (Å²) in [6, 6.07) is 1.28. The number of carbonyl (C=O) groups excluding carboxylic acids is 3. The van der Waals surface area contributed by atoms with Crippen molar-refractivity contribution in [1.82, 2.24) is 5.32 Å². The van der Waals surface area contributed by atoms with Gasteiger partial charge >= 0.3 is 17.9 Å². The van der Waals surface area contributed by atoms with Crippen LogP contribution in [0.15, 0.2) is 12.1 Å². The first kappa shape index (κ1) is 23.2. The molecule has 0 unspecified atom stereocenters. The third kappa shape index (κ3) is 4.55.